The minimum absolute atomic E-state index is 0.0665. The topological polar surface area (TPSA) is 67.4 Å². The zero-order valence-corrected chi connectivity index (χ0v) is 19.5. The van der Waals surface area contributed by atoms with Gasteiger partial charge in [0.1, 0.15) is 11.3 Å². The molecule has 2 saturated heterocycles. The number of pyridine rings is 2. The molecule has 6 rings (SSSR count). The SMILES string of the molecule is FC1(F)CCN(Cc2ccc3nc(Cn4cc(-c5cncc(N6CCCC6)c5)nn4)cn3c2)CC1. The van der Waals surface area contributed by atoms with E-state index in [1.165, 1.54) is 12.8 Å². The first-order valence-electron chi connectivity index (χ1n) is 12.2. The molecule has 182 valence electrons. The fraction of sp³-hybridized carbons (Fsp3) is 0.440. The van der Waals surface area contributed by atoms with Gasteiger partial charge in [0.2, 0.25) is 0 Å². The van der Waals surface area contributed by atoms with Crippen molar-refractivity contribution in [1.29, 1.82) is 0 Å². The summed E-state index contributed by atoms with van der Waals surface area (Å²) < 4.78 is 30.6. The lowest BCUT2D eigenvalue weighted by Gasteiger charge is -2.31. The van der Waals surface area contributed by atoms with Crippen LogP contribution in [-0.2, 0) is 13.1 Å². The van der Waals surface area contributed by atoms with Crippen molar-refractivity contribution in [2.24, 2.45) is 0 Å². The van der Waals surface area contributed by atoms with Crippen LogP contribution >= 0.6 is 0 Å². The van der Waals surface area contributed by atoms with Gasteiger partial charge >= 0.3 is 0 Å². The summed E-state index contributed by atoms with van der Waals surface area (Å²) in [5.41, 5.74) is 5.67. The molecule has 4 aromatic rings. The van der Waals surface area contributed by atoms with Crippen LogP contribution in [0.5, 0.6) is 0 Å². The van der Waals surface area contributed by atoms with Crippen molar-refractivity contribution in [3.63, 3.8) is 0 Å². The second-order valence-electron chi connectivity index (χ2n) is 9.59. The lowest BCUT2D eigenvalue weighted by Crippen LogP contribution is -2.38. The van der Waals surface area contributed by atoms with E-state index >= 15 is 0 Å². The number of halogens is 2. The molecular weight excluding hydrogens is 450 g/mol. The molecule has 4 aromatic heterocycles. The number of nitrogens with zero attached hydrogens (tertiary/aromatic N) is 8. The monoisotopic (exact) mass is 478 g/mol. The fourth-order valence-electron chi connectivity index (χ4n) is 4.95. The summed E-state index contributed by atoms with van der Waals surface area (Å²) in [6.45, 7) is 4.15. The number of hydrogen-bond acceptors (Lipinski definition) is 6. The van der Waals surface area contributed by atoms with Gasteiger partial charge < -0.3 is 9.30 Å². The summed E-state index contributed by atoms with van der Waals surface area (Å²) in [6, 6.07) is 6.12. The van der Waals surface area contributed by atoms with Crippen molar-refractivity contribution in [3.05, 3.63) is 60.4 Å². The summed E-state index contributed by atoms with van der Waals surface area (Å²) in [7, 11) is 0. The van der Waals surface area contributed by atoms with Gasteiger partial charge in [0.15, 0.2) is 0 Å². The van der Waals surface area contributed by atoms with Gasteiger partial charge in [-0.05, 0) is 30.5 Å². The van der Waals surface area contributed by atoms with Crippen molar-refractivity contribution >= 4 is 11.3 Å². The molecule has 0 spiro atoms. The quantitative estimate of drug-likeness (QED) is 0.419. The number of hydrogen-bond donors (Lipinski definition) is 0. The highest BCUT2D eigenvalue weighted by Crippen LogP contribution is 2.28. The lowest BCUT2D eigenvalue weighted by atomic mass is 10.1. The Hall–Kier alpha value is -3.40. The summed E-state index contributed by atoms with van der Waals surface area (Å²) in [5.74, 6) is -2.52. The third-order valence-corrected chi connectivity index (χ3v) is 6.91. The van der Waals surface area contributed by atoms with Gasteiger partial charge in [0, 0.05) is 69.7 Å². The molecule has 0 atom stereocenters. The first-order valence-corrected chi connectivity index (χ1v) is 12.2. The van der Waals surface area contributed by atoms with Crippen molar-refractivity contribution in [2.45, 2.75) is 44.7 Å². The molecule has 0 amide bonds. The Bertz CT molecular complexity index is 1310. The van der Waals surface area contributed by atoms with E-state index in [2.05, 4.69) is 31.2 Å². The Kier molecular flexibility index (Phi) is 5.68. The van der Waals surface area contributed by atoms with Crippen molar-refractivity contribution in [2.75, 3.05) is 31.1 Å². The van der Waals surface area contributed by atoms with Crippen LogP contribution in [0.2, 0.25) is 0 Å². The third-order valence-electron chi connectivity index (χ3n) is 6.91. The zero-order valence-electron chi connectivity index (χ0n) is 19.5. The maximum atomic E-state index is 13.4. The fourth-order valence-corrected chi connectivity index (χ4v) is 4.95. The highest BCUT2D eigenvalue weighted by Gasteiger charge is 2.33. The van der Waals surface area contributed by atoms with Gasteiger partial charge in [-0.15, -0.1) is 5.10 Å². The van der Waals surface area contributed by atoms with E-state index in [-0.39, 0.29) is 12.8 Å². The summed E-state index contributed by atoms with van der Waals surface area (Å²) in [6.07, 6.45) is 12.0. The first-order chi connectivity index (χ1) is 17.0. The van der Waals surface area contributed by atoms with Crippen LogP contribution in [-0.4, -0.2) is 66.4 Å². The molecule has 2 aliphatic rings. The predicted molar refractivity (Wildman–Crippen MR) is 128 cm³/mol. The average Bonchev–Trinajstić information content (AvgIpc) is 3.62. The summed E-state index contributed by atoms with van der Waals surface area (Å²) in [5, 5.41) is 8.65. The van der Waals surface area contributed by atoms with E-state index < -0.39 is 5.92 Å². The highest BCUT2D eigenvalue weighted by atomic mass is 19.3. The number of rotatable bonds is 6. The molecule has 0 unspecified atom stereocenters. The van der Waals surface area contributed by atoms with E-state index in [1.807, 2.05) is 47.5 Å². The Balaban J connectivity index is 1.14. The molecule has 6 heterocycles. The van der Waals surface area contributed by atoms with E-state index in [9.17, 15) is 8.78 Å². The first kappa shape index (κ1) is 22.1. The van der Waals surface area contributed by atoms with Crippen molar-refractivity contribution < 1.29 is 8.78 Å². The molecule has 2 fully saturated rings. The zero-order chi connectivity index (χ0) is 23.8. The highest BCUT2D eigenvalue weighted by molar-refractivity contribution is 5.63. The van der Waals surface area contributed by atoms with Crippen LogP contribution in [0.3, 0.4) is 0 Å². The van der Waals surface area contributed by atoms with Crippen LogP contribution in [0.15, 0.2) is 49.2 Å². The Labute approximate surface area is 202 Å². The molecule has 0 N–H and O–H groups in total. The number of likely N-dealkylation sites (tertiary alicyclic amines) is 1. The molecule has 8 nitrogen and oxygen atoms in total. The smallest absolute Gasteiger partial charge is 0.250 e. The van der Waals surface area contributed by atoms with Gasteiger partial charge in [0.25, 0.3) is 5.92 Å². The lowest BCUT2D eigenvalue weighted by molar-refractivity contribution is -0.0566. The summed E-state index contributed by atoms with van der Waals surface area (Å²) >= 11 is 0. The molecule has 2 aliphatic heterocycles. The molecule has 10 heteroatoms. The van der Waals surface area contributed by atoms with Gasteiger partial charge in [-0.2, -0.15) is 0 Å². The predicted octanol–water partition coefficient (Wildman–Crippen LogP) is 3.87. The second kappa shape index (κ2) is 8.99. The van der Waals surface area contributed by atoms with Crippen LogP contribution < -0.4 is 4.90 Å². The van der Waals surface area contributed by atoms with Crippen LogP contribution in [0.1, 0.15) is 36.9 Å². The van der Waals surface area contributed by atoms with Gasteiger partial charge in [-0.3, -0.25) is 9.88 Å². The second-order valence-corrected chi connectivity index (χ2v) is 9.59. The van der Waals surface area contributed by atoms with E-state index in [1.54, 1.807) is 4.68 Å². The van der Waals surface area contributed by atoms with E-state index in [0.717, 1.165) is 46.9 Å². The minimum atomic E-state index is -2.52. The minimum Gasteiger partial charge on any atom is -0.370 e. The van der Waals surface area contributed by atoms with Crippen LogP contribution in [0.25, 0.3) is 16.9 Å². The molecule has 0 aromatic carbocycles. The maximum absolute atomic E-state index is 13.4. The number of fused-ring (bicyclic) bond motifs is 1. The Morgan fingerprint density at radius 2 is 1.74 bits per heavy atom. The van der Waals surface area contributed by atoms with Gasteiger partial charge in [-0.25, -0.2) is 18.4 Å². The van der Waals surface area contributed by atoms with Crippen LogP contribution in [0.4, 0.5) is 14.5 Å². The van der Waals surface area contributed by atoms with Gasteiger partial charge in [0.05, 0.1) is 30.3 Å². The summed E-state index contributed by atoms with van der Waals surface area (Å²) in [4.78, 5) is 13.6. The molecule has 0 aliphatic carbocycles. The Morgan fingerprint density at radius 3 is 2.57 bits per heavy atom. The third kappa shape index (κ3) is 4.88. The largest absolute Gasteiger partial charge is 0.370 e. The number of imidazole rings is 1. The molecule has 35 heavy (non-hydrogen) atoms. The normalized spacial score (nSPS) is 18.5. The number of anilines is 1. The standard InChI is InChI=1S/C25H28F2N8/c26-25(27)5-9-32(10-6-25)14-19-3-4-24-29-21(16-34(24)15-19)17-35-18-23(30-31-35)20-11-22(13-28-12-20)33-7-1-2-8-33/h3-4,11-13,15-16,18H,1-2,5-10,14,17H2. The average molecular weight is 479 g/mol. The molecule has 0 radical (unpaired) electrons. The number of alkyl halides is 2. The van der Waals surface area contributed by atoms with E-state index in [0.29, 0.717) is 26.2 Å². The molecule has 0 saturated carbocycles. The molecule has 0 bridgehead atoms. The molecular formula is C25H28F2N8. The van der Waals surface area contributed by atoms with Crippen LogP contribution in [0, 0.1) is 0 Å². The number of aromatic nitrogens is 6. The Morgan fingerprint density at radius 1 is 0.914 bits per heavy atom. The van der Waals surface area contributed by atoms with E-state index in [4.69, 9.17) is 4.98 Å². The van der Waals surface area contributed by atoms with Gasteiger partial charge in [-0.1, -0.05) is 11.3 Å². The van der Waals surface area contributed by atoms with Crippen molar-refractivity contribution in [1.82, 2.24) is 34.3 Å². The number of piperidine rings is 1. The van der Waals surface area contributed by atoms with Crippen molar-refractivity contribution in [3.8, 4) is 11.3 Å². The maximum Gasteiger partial charge on any atom is 0.250 e.